The van der Waals surface area contributed by atoms with Crippen molar-refractivity contribution in [3.63, 3.8) is 0 Å². The molecule has 0 atom stereocenters. The summed E-state index contributed by atoms with van der Waals surface area (Å²) in [5, 5.41) is 11.0. The van der Waals surface area contributed by atoms with Gasteiger partial charge in [-0.2, -0.15) is 0 Å². The van der Waals surface area contributed by atoms with Crippen molar-refractivity contribution in [3.05, 3.63) is 53.6 Å². The number of imide groups is 2. The highest BCUT2D eigenvalue weighted by atomic mass is 16.5. The first-order valence-corrected chi connectivity index (χ1v) is 10.1. The minimum absolute atomic E-state index is 0.110. The van der Waals surface area contributed by atoms with Crippen LogP contribution in [-0.2, 0) is 14.4 Å². The van der Waals surface area contributed by atoms with E-state index in [4.69, 9.17) is 19.3 Å². The number of nitrogens with one attached hydrogen (secondary N) is 1. The Hall–Kier alpha value is -4.34. The molecular formula is C23H22N2O8. The summed E-state index contributed by atoms with van der Waals surface area (Å²) in [4.78, 5) is 50.1. The molecule has 0 saturated carbocycles. The number of ether oxygens (including phenoxy) is 3. The van der Waals surface area contributed by atoms with Crippen molar-refractivity contribution in [2.24, 2.45) is 0 Å². The van der Waals surface area contributed by atoms with Crippen LogP contribution in [0.15, 0.2) is 48.0 Å². The summed E-state index contributed by atoms with van der Waals surface area (Å²) in [6, 6.07) is 10.0. The van der Waals surface area contributed by atoms with Crippen molar-refractivity contribution < 1.29 is 38.5 Å². The van der Waals surface area contributed by atoms with Crippen LogP contribution < -0.4 is 24.4 Å². The quantitative estimate of drug-likeness (QED) is 0.437. The van der Waals surface area contributed by atoms with Crippen LogP contribution in [0, 0.1) is 0 Å². The van der Waals surface area contributed by atoms with Gasteiger partial charge in [-0.3, -0.25) is 14.9 Å². The Morgan fingerprint density at radius 2 is 1.73 bits per heavy atom. The highest BCUT2D eigenvalue weighted by Gasteiger charge is 2.38. The molecule has 2 N–H and O–H groups in total. The minimum Gasteiger partial charge on any atom is -0.494 e. The monoisotopic (exact) mass is 454 g/mol. The normalized spacial score (nSPS) is 14.8. The third kappa shape index (κ3) is 5.29. The second-order valence-electron chi connectivity index (χ2n) is 6.67. The van der Waals surface area contributed by atoms with Crippen LogP contribution in [0.1, 0.15) is 19.4 Å². The molecule has 0 spiro atoms. The van der Waals surface area contributed by atoms with E-state index in [0.717, 1.165) is 4.90 Å². The summed E-state index contributed by atoms with van der Waals surface area (Å²) in [5.74, 6) is -2.14. The van der Waals surface area contributed by atoms with Crippen molar-refractivity contribution in [2.45, 2.75) is 13.8 Å². The molecule has 1 heterocycles. The lowest BCUT2D eigenvalue weighted by Crippen LogP contribution is -2.54. The fourth-order valence-corrected chi connectivity index (χ4v) is 3.11. The molecule has 10 nitrogen and oxygen atoms in total. The number of aliphatic carboxylic acids is 1. The van der Waals surface area contributed by atoms with Gasteiger partial charge in [0.15, 0.2) is 6.61 Å². The highest BCUT2D eigenvalue weighted by Crippen LogP contribution is 2.35. The van der Waals surface area contributed by atoms with Crippen molar-refractivity contribution in [1.29, 1.82) is 0 Å². The molecule has 2 aromatic carbocycles. The van der Waals surface area contributed by atoms with Gasteiger partial charge in [0.1, 0.15) is 22.8 Å². The van der Waals surface area contributed by atoms with Crippen molar-refractivity contribution in [2.75, 3.05) is 24.7 Å². The maximum absolute atomic E-state index is 13.3. The van der Waals surface area contributed by atoms with Gasteiger partial charge in [-0.1, -0.05) is 18.2 Å². The average molecular weight is 454 g/mol. The molecule has 0 bridgehead atoms. The van der Waals surface area contributed by atoms with Crippen molar-refractivity contribution in [1.82, 2.24) is 5.32 Å². The van der Waals surface area contributed by atoms with Gasteiger partial charge in [0.25, 0.3) is 11.8 Å². The van der Waals surface area contributed by atoms with Gasteiger partial charge in [-0.25, -0.2) is 14.5 Å². The Bertz CT molecular complexity index is 1130. The first-order chi connectivity index (χ1) is 15.8. The summed E-state index contributed by atoms with van der Waals surface area (Å²) >= 11 is 0. The van der Waals surface area contributed by atoms with Crippen LogP contribution in [0.25, 0.3) is 6.08 Å². The number of barbiturate groups is 1. The highest BCUT2D eigenvalue weighted by molar-refractivity contribution is 6.39. The van der Waals surface area contributed by atoms with Gasteiger partial charge in [0.2, 0.25) is 0 Å². The molecule has 1 fully saturated rings. The maximum atomic E-state index is 13.3. The number of benzene rings is 2. The molecule has 0 unspecified atom stereocenters. The predicted molar refractivity (Wildman–Crippen MR) is 117 cm³/mol. The van der Waals surface area contributed by atoms with Gasteiger partial charge in [-0.05, 0) is 38.1 Å². The number of urea groups is 1. The third-order valence-corrected chi connectivity index (χ3v) is 4.45. The Labute approximate surface area is 189 Å². The van der Waals surface area contributed by atoms with Crippen LogP contribution in [-0.4, -0.2) is 48.7 Å². The fourth-order valence-electron chi connectivity index (χ4n) is 3.11. The molecule has 1 aliphatic heterocycles. The van der Waals surface area contributed by atoms with E-state index in [9.17, 15) is 19.2 Å². The lowest BCUT2D eigenvalue weighted by atomic mass is 10.1. The third-order valence-electron chi connectivity index (χ3n) is 4.45. The van der Waals surface area contributed by atoms with Gasteiger partial charge in [0.05, 0.1) is 18.9 Å². The van der Waals surface area contributed by atoms with Crippen LogP contribution >= 0.6 is 0 Å². The lowest BCUT2D eigenvalue weighted by molar-refractivity contribution is -0.139. The number of carboxylic acid groups (broad SMARTS) is 1. The largest absolute Gasteiger partial charge is 0.494 e. The van der Waals surface area contributed by atoms with Gasteiger partial charge in [0, 0.05) is 11.6 Å². The molecule has 0 aliphatic carbocycles. The summed E-state index contributed by atoms with van der Waals surface area (Å²) in [6.07, 6.45) is 1.24. The fraction of sp³-hybridized carbons (Fsp3) is 0.217. The number of carboxylic acids is 1. The number of hydrogen-bond acceptors (Lipinski definition) is 7. The standard InChI is InChI=1S/C23H22N2O8/c1-3-31-15-9-10-19(32-4-2)17(12-15)25-22(29)16(21(28)24-23(25)30)11-14-7-5-6-8-18(14)33-13-20(26)27/h5-12H,3-4,13H2,1-2H3,(H,26,27)(H,24,28,30)/b16-11+. The van der Waals surface area contributed by atoms with E-state index in [1.165, 1.54) is 18.2 Å². The van der Waals surface area contributed by atoms with E-state index in [-0.39, 0.29) is 29.4 Å². The Balaban J connectivity index is 2.05. The number of hydrogen-bond donors (Lipinski definition) is 2. The number of amides is 4. The number of rotatable bonds is 9. The van der Waals surface area contributed by atoms with E-state index in [1.807, 2.05) is 0 Å². The van der Waals surface area contributed by atoms with Crippen molar-refractivity contribution in [3.8, 4) is 17.2 Å². The van der Waals surface area contributed by atoms with E-state index < -0.39 is 30.4 Å². The Morgan fingerprint density at radius 1 is 1.00 bits per heavy atom. The molecule has 1 aliphatic rings. The molecular weight excluding hydrogens is 432 g/mol. The zero-order valence-electron chi connectivity index (χ0n) is 18.0. The molecule has 10 heteroatoms. The maximum Gasteiger partial charge on any atom is 0.341 e. The summed E-state index contributed by atoms with van der Waals surface area (Å²) in [6.45, 7) is 3.58. The number of carbonyl (C=O) groups is 4. The second kappa shape index (κ2) is 10.3. The lowest BCUT2D eigenvalue weighted by Gasteiger charge is -2.28. The minimum atomic E-state index is -1.18. The number of carbonyl (C=O) groups excluding carboxylic acids is 3. The van der Waals surface area contributed by atoms with Crippen molar-refractivity contribution >= 4 is 35.6 Å². The zero-order valence-corrected chi connectivity index (χ0v) is 18.0. The van der Waals surface area contributed by atoms with Crippen LogP contribution in [0.2, 0.25) is 0 Å². The molecule has 33 heavy (non-hydrogen) atoms. The summed E-state index contributed by atoms with van der Waals surface area (Å²) in [5.41, 5.74) is 0.0593. The molecule has 0 aromatic heterocycles. The first kappa shape index (κ1) is 23.3. The Kier molecular flexibility index (Phi) is 7.29. The summed E-state index contributed by atoms with van der Waals surface area (Å²) in [7, 11) is 0. The number of anilines is 1. The number of para-hydroxylation sites is 1. The van der Waals surface area contributed by atoms with E-state index in [0.29, 0.717) is 17.9 Å². The molecule has 2 aromatic rings. The molecule has 0 radical (unpaired) electrons. The SMILES string of the molecule is CCOc1ccc(OCC)c(N2C(=O)NC(=O)/C(=C\c3ccccc3OCC(=O)O)C2=O)c1. The Morgan fingerprint density at radius 3 is 2.42 bits per heavy atom. The van der Waals surface area contributed by atoms with Crippen LogP contribution in [0.4, 0.5) is 10.5 Å². The van der Waals surface area contributed by atoms with Gasteiger partial charge in [-0.15, -0.1) is 0 Å². The molecule has 3 rings (SSSR count). The predicted octanol–water partition coefficient (Wildman–Crippen LogP) is 2.61. The van der Waals surface area contributed by atoms with Gasteiger partial charge >= 0.3 is 12.0 Å². The van der Waals surface area contributed by atoms with E-state index in [2.05, 4.69) is 5.32 Å². The molecule has 172 valence electrons. The van der Waals surface area contributed by atoms with Gasteiger partial charge < -0.3 is 19.3 Å². The van der Waals surface area contributed by atoms with Crippen LogP contribution in [0.3, 0.4) is 0 Å². The van der Waals surface area contributed by atoms with E-state index in [1.54, 1.807) is 44.2 Å². The second-order valence-corrected chi connectivity index (χ2v) is 6.67. The zero-order chi connectivity index (χ0) is 24.0. The van der Waals surface area contributed by atoms with Crippen LogP contribution in [0.5, 0.6) is 17.2 Å². The molecule has 1 saturated heterocycles. The molecule has 4 amide bonds. The topological polar surface area (TPSA) is 131 Å². The first-order valence-electron chi connectivity index (χ1n) is 10.1. The average Bonchev–Trinajstić information content (AvgIpc) is 2.77. The summed E-state index contributed by atoms with van der Waals surface area (Å²) < 4.78 is 16.3. The number of nitrogens with zero attached hydrogens (tertiary/aromatic N) is 1. The van der Waals surface area contributed by atoms with E-state index >= 15 is 0 Å². The smallest absolute Gasteiger partial charge is 0.341 e.